The Morgan fingerprint density at radius 2 is 2.00 bits per heavy atom. The Bertz CT molecular complexity index is 372. The summed E-state index contributed by atoms with van der Waals surface area (Å²) in [5, 5.41) is 8.94. The van der Waals surface area contributed by atoms with E-state index in [4.69, 9.17) is 5.11 Å². The summed E-state index contributed by atoms with van der Waals surface area (Å²) in [4.78, 5) is 12.1. The van der Waals surface area contributed by atoms with Crippen LogP contribution in [0.4, 0.5) is 10.5 Å². The van der Waals surface area contributed by atoms with Gasteiger partial charge >= 0.3 is 6.09 Å². The van der Waals surface area contributed by atoms with E-state index in [-0.39, 0.29) is 0 Å². The molecule has 1 N–H and O–H groups in total. The standard InChI is InChI=1S/C12H17NO2/c1-8(2)10-7-9(3)5-6-11(10)13(4)12(14)15/h5-8H,1-4H3,(H,14,15). The minimum atomic E-state index is -0.930. The SMILES string of the molecule is Cc1ccc(N(C)C(=O)O)c(C(C)C)c1. The van der Waals surface area contributed by atoms with Crippen molar-refractivity contribution in [2.24, 2.45) is 0 Å². The first-order valence-electron chi connectivity index (χ1n) is 5.00. The highest BCUT2D eigenvalue weighted by Crippen LogP contribution is 2.27. The van der Waals surface area contributed by atoms with E-state index in [9.17, 15) is 4.79 Å². The van der Waals surface area contributed by atoms with E-state index < -0.39 is 6.09 Å². The van der Waals surface area contributed by atoms with Gasteiger partial charge in [0.1, 0.15) is 0 Å². The van der Waals surface area contributed by atoms with E-state index in [1.165, 1.54) is 4.90 Å². The highest BCUT2D eigenvalue weighted by atomic mass is 16.4. The van der Waals surface area contributed by atoms with Crippen LogP contribution in [-0.4, -0.2) is 18.2 Å². The van der Waals surface area contributed by atoms with Crippen molar-refractivity contribution in [3.05, 3.63) is 29.3 Å². The molecule has 0 aromatic heterocycles. The van der Waals surface area contributed by atoms with Gasteiger partial charge in [-0.25, -0.2) is 4.79 Å². The molecule has 3 nitrogen and oxygen atoms in total. The summed E-state index contributed by atoms with van der Waals surface area (Å²) >= 11 is 0. The van der Waals surface area contributed by atoms with Gasteiger partial charge in [0.15, 0.2) is 0 Å². The average molecular weight is 207 g/mol. The maximum absolute atomic E-state index is 10.9. The van der Waals surface area contributed by atoms with Crippen LogP contribution in [0.3, 0.4) is 0 Å². The molecule has 82 valence electrons. The van der Waals surface area contributed by atoms with E-state index in [2.05, 4.69) is 13.8 Å². The van der Waals surface area contributed by atoms with Crippen LogP contribution in [0.2, 0.25) is 0 Å². The molecule has 0 saturated heterocycles. The van der Waals surface area contributed by atoms with E-state index in [1.807, 2.05) is 25.1 Å². The molecule has 0 atom stereocenters. The van der Waals surface area contributed by atoms with Crippen LogP contribution in [0, 0.1) is 6.92 Å². The topological polar surface area (TPSA) is 40.5 Å². The normalized spacial score (nSPS) is 10.5. The fourth-order valence-corrected chi connectivity index (χ4v) is 1.54. The first-order chi connectivity index (χ1) is 6.93. The number of hydrogen-bond donors (Lipinski definition) is 1. The summed E-state index contributed by atoms with van der Waals surface area (Å²) in [6, 6.07) is 5.83. The molecule has 0 aliphatic heterocycles. The van der Waals surface area contributed by atoms with E-state index in [1.54, 1.807) is 7.05 Å². The molecule has 15 heavy (non-hydrogen) atoms. The van der Waals surface area contributed by atoms with Crippen LogP contribution in [-0.2, 0) is 0 Å². The Balaban J connectivity index is 3.22. The number of rotatable bonds is 2. The first-order valence-corrected chi connectivity index (χ1v) is 5.00. The van der Waals surface area contributed by atoms with Gasteiger partial charge in [0.25, 0.3) is 0 Å². The van der Waals surface area contributed by atoms with E-state index in [0.29, 0.717) is 5.92 Å². The number of hydrogen-bond acceptors (Lipinski definition) is 1. The molecule has 1 rings (SSSR count). The van der Waals surface area contributed by atoms with Crippen LogP contribution >= 0.6 is 0 Å². The maximum Gasteiger partial charge on any atom is 0.411 e. The fourth-order valence-electron chi connectivity index (χ4n) is 1.54. The summed E-state index contributed by atoms with van der Waals surface area (Å²) in [7, 11) is 1.57. The molecule has 0 saturated carbocycles. The van der Waals surface area contributed by atoms with Gasteiger partial charge < -0.3 is 5.11 Å². The van der Waals surface area contributed by atoms with Gasteiger partial charge in [-0.3, -0.25) is 4.90 Å². The highest BCUT2D eigenvalue weighted by Gasteiger charge is 2.14. The third-order valence-corrected chi connectivity index (χ3v) is 2.45. The molecule has 3 heteroatoms. The number of amides is 1. The summed E-state index contributed by atoms with van der Waals surface area (Å²) in [6.45, 7) is 6.14. The number of benzene rings is 1. The quantitative estimate of drug-likeness (QED) is 0.808. The minimum absolute atomic E-state index is 0.321. The number of anilines is 1. The Morgan fingerprint density at radius 1 is 1.40 bits per heavy atom. The Labute approximate surface area is 90.3 Å². The zero-order valence-corrected chi connectivity index (χ0v) is 9.61. The van der Waals surface area contributed by atoms with Crippen molar-refractivity contribution in [3.8, 4) is 0 Å². The lowest BCUT2D eigenvalue weighted by atomic mass is 9.98. The summed E-state index contributed by atoms with van der Waals surface area (Å²) in [6.07, 6.45) is -0.930. The molecule has 1 aromatic rings. The van der Waals surface area contributed by atoms with Crippen molar-refractivity contribution in [1.29, 1.82) is 0 Å². The second-order valence-corrected chi connectivity index (χ2v) is 4.06. The Kier molecular flexibility index (Phi) is 3.35. The van der Waals surface area contributed by atoms with Crippen LogP contribution in [0.15, 0.2) is 18.2 Å². The molecule has 0 spiro atoms. The number of aryl methyl sites for hydroxylation is 1. The zero-order chi connectivity index (χ0) is 11.6. The summed E-state index contributed by atoms with van der Waals surface area (Å²) < 4.78 is 0. The molecule has 0 bridgehead atoms. The second kappa shape index (κ2) is 4.34. The molecule has 1 aromatic carbocycles. The number of carboxylic acid groups (broad SMARTS) is 1. The Hall–Kier alpha value is -1.51. The number of nitrogens with zero attached hydrogens (tertiary/aromatic N) is 1. The van der Waals surface area contributed by atoms with Crippen LogP contribution in [0.5, 0.6) is 0 Å². The Morgan fingerprint density at radius 3 is 2.47 bits per heavy atom. The van der Waals surface area contributed by atoms with Gasteiger partial charge in [-0.15, -0.1) is 0 Å². The van der Waals surface area contributed by atoms with E-state index >= 15 is 0 Å². The van der Waals surface area contributed by atoms with Crippen LogP contribution in [0.25, 0.3) is 0 Å². The van der Waals surface area contributed by atoms with Gasteiger partial charge in [-0.1, -0.05) is 31.5 Å². The third-order valence-electron chi connectivity index (χ3n) is 2.45. The third kappa shape index (κ3) is 2.49. The molecule has 0 unspecified atom stereocenters. The molecule has 0 aliphatic rings. The second-order valence-electron chi connectivity index (χ2n) is 4.06. The summed E-state index contributed by atoms with van der Waals surface area (Å²) in [5.74, 6) is 0.321. The molecular weight excluding hydrogens is 190 g/mol. The van der Waals surface area contributed by atoms with E-state index in [0.717, 1.165) is 16.8 Å². The maximum atomic E-state index is 10.9. The highest BCUT2D eigenvalue weighted by molar-refractivity contribution is 5.86. The number of carbonyl (C=O) groups is 1. The lowest BCUT2D eigenvalue weighted by Gasteiger charge is -2.20. The van der Waals surface area contributed by atoms with Gasteiger partial charge in [-0.05, 0) is 24.5 Å². The predicted molar refractivity (Wildman–Crippen MR) is 61.7 cm³/mol. The lowest BCUT2D eigenvalue weighted by Crippen LogP contribution is -2.25. The first kappa shape index (κ1) is 11.6. The van der Waals surface area contributed by atoms with Crippen LogP contribution < -0.4 is 4.90 Å². The minimum Gasteiger partial charge on any atom is -0.465 e. The monoisotopic (exact) mass is 207 g/mol. The average Bonchev–Trinajstić information content (AvgIpc) is 2.16. The van der Waals surface area contributed by atoms with Gasteiger partial charge in [-0.2, -0.15) is 0 Å². The van der Waals surface area contributed by atoms with Crippen molar-refractivity contribution >= 4 is 11.8 Å². The molecule has 0 aliphatic carbocycles. The molecule has 0 fully saturated rings. The van der Waals surface area contributed by atoms with Crippen molar-refractivity contribution < 1.29 is 9.90 Å². The van der Waals surface area contributed by atoms with Gasteiger partial charge in [0.2, 0.25) is 0 Å². The zero-order valence-electron chi connectivity index (χ0n) is 9.61. The molecule has 0 radical (unpaired) electrons. The van der Waals surface area contributed by atoms with Crippen molar-refractivity contribution in [2.75, 3.05) is 11.9 Å². The molecule has 1 amide bonds. The summed E-state index contributed by atoms with van der Waals surface area (Å²) in [5.41, 5.74) is 2.99. The van der Waals surface area contributed by atoms with Crippen molar-refractivity contribution in [3.63, 3.8) is 0 Å². The van der Waals surface area contributed by atoms with Crippen molar-refractivity contribution in [1.82, 2.24) is 0 Å². The largest absolute Gasteiger partial charge is 0.465 e. The van der Waals surface area contributed by atoms with Crippen molar-refractivity contribution in [2.45, 2.75) is 26.7 Å². The lowest BCUT2D eigenvalue weighted by molar-refractivity contribution is 0.203. The van der Waals surface area contributed by atoms with Gasteiger partial charge in [0.05, 0.1) is 5.69 Å². The molecule has 0 heterocycles. The molecular formula is C12H17NO2. The fraction of sp³-hybridized carbons (Fsp3) is 0.417. The smallest absolute Gasteiger partial charge is 0.411 e. The van der Waals surface area contributed by atoms with Crippen LogP contribution in [0.1, 0.15) is 30.9 Å². The van der Waals surface area contributed by atoms with Gasteiger partial charge in [0, 0.05) is 7.05 Å². The predicted octanol–water partition coefficient (Wildman–Crippen LogP) is 3.23.